The van der Waals surface area contributed by atoms with Gasteiger partial charge in [0, 0.05) is 18.1 Å². The maximum absolute atomic E-state index is 13.2. The molecule has 5 nitrogen and oxygen atoms in total. The van der Waals surface area contributed by atoms with Gasteiger partial charge in [-0.05, 0) is 19.1 Å². The Bertz CT molecular complexity index is 644. The number of halogens is 1. The smallest absolute Gasteiger partial charge is 0.241 e. The van der Waals surface area contributed by atoms with Gasteiger partial charge >= 0.3 is 0 Å². The van der Waals surface area contributed by atoms with Crippen molar-refractivity contribution in [1.82, 2.24) is 0 Å². The highest BCUT2D eigenvalue weighted by Crippen LogP contribution is 2.25. The summed E-state index contributed by atoms with van der Waals surface area (Å²) < 4.78 is 38.0. The van der Waals surface area contributed by atoms with Crippen molar-refractivity contribution in [3.63, 3.8) is 0 Å². The minimum atomic E-state index is -3.87. The van der Waals surface area contributed by atoms with E-state index in [0.29, 0.717) is 4.31 Å². The van der Waals surface area contributed by atoms with E-state index in [-0.39, 0.29) is 28.4 Å². The zero-order chi connectivity index (χ0) is 15.5. The van der Waals surface area contributed by atoms with Crippen LogP contribution < -0.4 is 10.0 Å². The molecule has 0 aliphatic heterocycles. The van der Waals surface area contributed by atoms with E-state index in [2.05, 4.69) is 6.07 Å². The summed E-state index contributed by atoms with van der Waals surface area (Å²) in [5.41, 5.74) is 5.37. The number of nitrogens with two attached hydrogens (primary N) is 1. The topological polar surface area (TPSA) is 80.5 Å². The standard InChI is InChI=1S/C12H14FN2O3S2/c1-3-11(16)15(20(17,18)4-2)10-6-5-8(13)7-9(10)12(14)19/h6-7H,3-4H2,1-2H3,(H2,14,19). The third-order valence-corrected chi connectivity index (χ3v) is 4.46. The fourth-order valence-corrected chi connectivity index (χ4v) is 2.85. The first-order valence-corrected chi connectivity index (χ1v) is 7.83. The molecule has 0 aromatic heterocycles. The minimum Gasteiger partial charge on any atom is -0.389 e. The molecule has 1 amide bonds. The number of carbonyl (C=O) groups is 1. The Morgan fingerprint density at radius 2 is 2.10 bits per heavy atom. The second-order valence-corrected chi connectivity index (χ2v) is 6.40. The van der Waals surface area contributed by atoms with Gasteiger partial charge in [-0.2, -0.15) is 0 Å². The number of amides is 1. The average molecular weight is 317 g/mol. The van der Waals surface area contributed by atoms with Crippen LogP contribution in [0.1, 0.15) is 25.8 Å². The van der Waals surface area contributed by atoms with E-state index in [0.717, 1.165) is 12.1 Å². The normalized spacial score (nSPS) is 11.2. The molecule has 109 valence electrons. The maximum Gasteiger partial charge on any atom is 0.241 e. The van der Waals surface area contributed by atoms with Gasteiger partial charge in [0.25, 0.3) is 0 Å². The number of anilines is 1. The van der Waals surface area contributed by atoms with Crippen LogP contribution in [0.15, 0.2) is 12.1 Å². The second-order valence-electron chi connectivity index (χ2n) is 3.86. The fourth-order valence-electron chi connectivity index (χ4n) is 1.53. The lowest BCUT2D eigenvalue weighted by molar-refractivity contribution is -0.117. The molecular weight excluding hydrogens is 303 g/mol. The van der Waals surface area contributed by atoms with Gasteiger partial charge in [0.05, 0.1) is 11.4 Å². The predicted octanol–water partition coefficient (Wildman–Crippen LogP) is 1.35. The number of carbonyl (C=O) groups excluding carboxylic acids is 1. The molecule has 1 rings (SSSR count). The van der Waals surface area contributed by atoms with E-state index < -0.39 is 21.7 Å². The van der Waals surface area contributed by atoms with Crippen LogP contribution in [0.25, 0.3) is 0 Å². The molecule has 0 unspecified atom stereocenters. The minimum absolute atomic E-state index is 0.0184. The molecule has 0 spiro atoms. The lowest BCUT2D eigenvalue weighted by atomic mass is 10.1. The SMILES string of the molecule is CCC(=O)N(c1c[c]c(F)cc1C(N)=S)S(=O)(=O)CC. The number of hydrogen-bond donors (Lipinski definition) is 1. The van der Waals surface area contributed by atoms with E-state index in [1.54, 1.807) is 0 Å². The van der Waals surface area contributed by atoms with E-state index >= 15 is 0 Å². The molecule has 0 bridgehead atoms. The molecule has 0 fully saturated rings. The highest BCUT2D eigenvalue weighted by molar-refractivity contribution is 7.93. The molecular formula is C12H14FN2O3S2. The van der Waals surface area contributed by atoms with Gasteiger partial charge < -0.3 is 5.73 Å². The number of thiocarbonyl (C=S) groups is 1. The summed E-state index contributed by atoms with van der Waals surface area (Å²) in [5, 5.41) is 0. The molecule has 20 heavy (non-hydrogen) atoms. The molecule has 0 heterocycles. The largest absolute Gasteiger partial charge is 0.389 e. The van der Waals surface area contributed by atoms with Gasteiger partial charge in [0.15, 0.2) is 0 Å². The lowest BCUT2D eigenvalue weighted by Gasteiger charge is -2.23. The number of rotatable bonds is 5. The third-order valence-electron chi connectivity index (χ3n) is 2.55. The Hall–Kier alpha value is -1.54. The van der Waals surface area contributed by atoms with Gasteiger partial charge in [0.1, 0.15) is 10.8 Å². The van der Waals surface area contributed by atoms with Crippen LogP contribution in [-0.2, 0) is 14.8 Å². The van der Waals surface area contributed by atoms with Crippen molar-refractivity contribution in [2.75, 3.05) is 10.1 Å². The molecule has 8 heteroatoms. The zero-order valence-electron chi connectivity index (χ0n) is 11.0. The molecule has 0 atom stereocenters. The Balaban J connectivity index is 3.58. The predicted molar refractivity (Wildman–Crippen MR) is 78.4 cm³/mol. The number of benzene rings is 1. The summed E-state index contributed by atoms with van der Waals surface area (Å²) in [6, 6.07) is 4.23. The van der Waals surface area contributed by atoms with Crippen LogP contribution >= 0.6 is 12.2 Å². The highest BCUT2D eigenvalue weighted by atomic mass is 32.2. The van der Waals surface area contributed by atoms with E-state index in [9.17, 15) is 17.6 Å². The van der Waals surface area contributed by atoms with Crippen molar-refractivity contribution in [2.45, 2.75) is 20.3 Å². The Labute approximate surface area is 122 Å². The number of sulfonamides is 1. The molecule has 0 saturated carbocycles. The lowest BCUT2D eigenvalue weighted by Crippen LogP contribution is -2.39. The second kappa shape index (κ2) is 6.27. The average Bonchev–Trinajstić information content (AvgIpc) is 2.39. The Morgan fingerprint density at radius 3 is 2.55 bits per heavy atom. The molecule has 1 radical (unpaired) electrons. The summed E-state index contributed by atoms with van der Waals surface area (Å²) >= 11 is 4.77. The summed E-state index contributed by atoms with van der Waals surface area (Å²) in [5.74, 6) is -1.67. The van der Waals surface area contributed by atoms with E-state index in [1.165, 1.54) is 13.8 Å². The Kier molecular flexibility index (Phi) is 5.18. The fraction of sp³-hybridized carbons (Fsp3) is 0.333. The van der Waals surface area contributed by atoms with Crippen molar-refractivity contribution in [2.24, 2.45) is 5.73 Å². The van der Waals surface area contributed by atoms with Gasteiger partial charge in [-0.15, -0.1) is 0 Å². The summed E-state index contributed by atoms with van der Waals surface area (Å²) in [7, 11) is -3.87. The quantitative estimate of drug-likeness (QED) is 0.829. The van der Waals surface area contributed by atoms with Crippen LogP contribution in [0.3, 0.4) is 0 Å². The maximum atomic E-state index is 13.2. The van der Waals surface area contributed by atoms with Crippen LogP contribution in [0.4, 0.5) is 10.1 Å². The number of hydrogen-bond acceptors (Lipinski definition) is 4. The first kappa shape index (κ1) is 16.5. The van der Waals surface area contributed by atoms with Gasteiger partial charge in [-0.1, -0.05) is 19.1 Å². The van der Waals surface area contributed by atoms with Crippen molar-refractivity contribution in [1.29, 1.82) is 0 Å². The van der Waals surface area contributed by atoms with Crippen molar-refractivity contribution in [3.8, 4) is 0 Å². The van der Waals surface area contributed by atoms with Gasteiger partial charge in [-0.3, -0.25) is 4.79 Å². The third kappa shape index (κ3) is 3.31. The van der Waals surface area contributed by atoms with Crippen molar-refractivity contribution < 1.29 is 17.6 Å². The first-order valence-electron chi connectivity index (χ1n) is 5.81. The molecule has 0 aliphatic carbocycles. The van der Waals surface area contributed by atoms with Crippen molar-refractivity contribution >= 4 is 38.8 Å². The molecule has 0 aliphatic rings. The molecule has 0 saturated heterocycles. The van der Waals surface area contributed by atoms with Crippen LogP contribution in [0.5, 0.6) is 0 Å². The zero-order valence-corrected chi connectivity index (χ0v) is 12.6. The van der Waals surface area contributed by atoms with E-state index in [4.69, 9.17) is 18.0 Å². The summed E-state index contributed by atoms with van der Waals surface area (Å²) in [6.45, 7) is 2.92. The summed E-state index contributed by atoms with van der Waals surface area (Å²) in [4.78, 5) is 11.7. The molecule has 2 N–H and O–H groups in total. The van der Waals surface area contributed by atoms with Crippen molar-refractivity contribution in [3.05, 3.63) is 29.6 Å². The first-order chi connectivity index (χ1) is 9.24. The molecule has 1 aromatic carbocycles. The highest BCUT2D eigenvalue weighted by Gasteiger charge is 2.29. The van der Waals surface area contributed by atoms with Gasteiger partial charge in [0.2, 0.25) is 15.9 Å². The summed E-state index contributed by atoms with van der Waals surface area (Å²) in [6.07, 6.45) is -0.0343. The molecule has 1 aromatic rings. The van der Waals surface area contributed by atoms with Crippen LogP contribution in [0.2, 0.25) is 0 Å². The monoisotopic (exact) mass is 317 g/mol. The van der Waals surface area contributed by atoms with Crippen LogP contribution in [-0.4, -0.2) is 25.1 Å². The van der Waals surface area contributed by atoms with Gasteiger partial charge in [-0.25, -0.2) is 17.1 Å². The van der Waals surface area contributed by atoms with Crippen LogP contribution in [0, 0.1) is 11.9 Å². The number of nitrogens with zero attached hydrogens (tertiary/aromatic N) is 1. The Morgan fingerprint density at radius 1 is 1.50 bits per heavy atom. The van der Waals surface area contributed by atoms with E-state index in [1.807, 2.05) is 0 Å².